The van der Waals surface area contributed by atoms with Crippen molar-refractivity contribution in [3.05, 3.63) is 510 Å². The molecule has 20 aromatic carbocycles. The molecule has 0 unspecified atom stereocenters. The molecule has 0 aliphatic rings. The Hall–Kier alpha value is -18.8. The average Bonchev–Trinajstić information content (AvgIpc) is 1.57. The van der Waals surface area contributed by atoms with Gasteiger partial charge < -0.3 is 0 Å². The van der Waals surface area contributed by atoms with Gasteiger partial charge in [-0.15, -0.1) is 0 Å². The predicted molar refractivity (Wildman–Crippen MR) is 577 cm³/mol. The summed E-state index contributed by atoms with van der Waals surface area (Å²) in [7, 11) is 0. The summed E-state index contributed by atoms with van der Waals surface area (Å²) >= 11 is 0. The SMILES string of the molecule is [2H]c1c([2H])c([2H])c(-n2c3cc(-c4cc(-c5ccccc5)cc(-c5ccccc5)c4)ccc3c3nc4ccccc4nc32)c([2H])c1[2H].c1ccc(-c2cc(-c3ccccc3)cc(-c3ccc4c5nc6ccccc6nc5n(-c5cc(-c6ccccc6)ccn5)c4c3)c2)cc1.c1ccc(-c2cc(-c3ccccc3)cc(-c3ccc4c5nc6ccccc6nc5n(-c5ccc6cc(-c7ccccc7)ccc6c5)c4c3)c2)cc1. The summed E-state index contributed by atoms with van der Waals surface area (Å²) in [4.78, 5) is 35.5. The van der Waals surface area contributed by atoms with E-state index in [2.05, 4.69) is 349 Å². The molecule has 10 heteroatoms. The highest BCUT2D eigenvalue weighted by Gasteiger charge is 2.24. The molecule has 139 heavy (non-hydrogen) atoms. The van der Waals surface area contributed by atoms with Gasteiger partial charge in [-0.25, -0.2) is 34.9 Å². The van der Waals surface area contributed by atoms with Crippen LogP contribution < -0.4 is 0 Å². The second-order valence-electron chi connectivity index (χ2n) is 34.8. The lowest BCUT2D eigenvalue weighted by atomic mass is 9.93. The van der Waals surface area contributed by atoms with Gasteiger partial charge in [-0.3, -0.25) is 13.7 Å². The molecular formula is C129H84N10. The molecule has 0 radical (unpaired) electrons. The van der Waals surface area contributed by atoms with Crippen LogP contribution in [0.4, 0.5) is 0 Å². The van der Waals surface area contributed by atoms with Gasteiger partial charge in [0, 0.05) is 33.7 Å². The van der Waals surface area contributed by atoms with E-state index in [0.29, 0.717) is 27.7 Å². The van der Waals surface area contributed by atoms with Gasteiger partial charge in [0.1, 0.15) is 22.4 Å². The smallest absolute Gasteiger partial charge is 0.166 e. The van der Waals surface area contributed by atoms with E-state index in [1.807, 2.05) is 140 Å². The fourth-order valence-electron chi connectivity index (χ4n) is 19.4. The lowest BCUT2D eigenvalue weighted by molar-refractivity contribution is 1.06. The quantitative estimate of drug-likeness (QED) is 0.107. The Labute approximate surface area is 809 Å². The Morgan fingerprint density at radius 3 is 0.763 bits per heavy atom. The first-order valence-electron chi connectivity index (χ1n) is 49.0. The zero-order valence-electron chi connectivity index (χ0n) is 80.1. The zero-order valence-corrected chi connectivity index (χ0v) is 75.1. The van der Waals surface area contributed by atoms with Gasteiger partial charge >= 0.3 is 0 Å². The molecule has 7 aromatic heterocycles. The lowest BCUT2D eigenvalue weighted by Gasteiger charge is -2.13. The van der Waals surface area contributed by atoms with Gasteiger partial charge in [-0.2, -0.15) is 0 Å². The fraction of sp³-hybridized carbons (Fsp3) is 0. The standard InChI is InChI=1S/C48H31N3.C43H28N4.C38H25N3/c1-4-12-32(13-5-1)35-20-21-37-30-42(24-22-36(37)26-35)51-46-31-38(23-25-43(46)47-48(51)50-45-19-11-10-18-44(45)49-47)41-28-39(33-14-6-2-7-15-33)27-40(29-41)34-16-8-3-9-17-34;1-4-12-29(13-5-1)33-22-23-44-41(28-33)47-40-27-32(20-21-37(40)42-43(47)46-39-19-11-10-18-38(39)45-42)36-25-34(30-14-6-2-7-15-30)24-35(26-36)31-16-8-3-9-17-31;1-4-12-26(13-5-1)29-22-30(27-14-6-2-7-15-27)24-31(23-29)28-20-21-33-36(25-28)41(32-16-8-3-9-17-32)38-37(33)39-34-18-10-11-19-35(34)40-38/h1-31H;1-28H;1-25H/i;;3D,8D,9D,16D,17D. The molecule has 0 fully saturated rings. The van der Waals surface area contributed by atoms with Gasteiger partial charge in [-0.1, -0.05) is 334 Å². The Bertz CT molecular complexity index is 9490. The molecule has 0 saturated heterocycles. The maximum atomic E-state index is 8.85. The minimum absolute atomic E-state index is 0.0377. The number of hydrogen-bond donors (Lipinski definition) is 0. The first-order valence-corrected chi connectivity index (χ1v) is 46.5. The monoisotopic (exact) mass is 1780 g/mol. The van der Waals surface area contributed by atoms with Crippen molar-refractivity contribution < 1.29 is 6.85 Å². The number of nitrogens with zero attached hydrogens (tertiary/aromatic N) is 10. The highest BCUT2D eigenvalue weighted by molar-refractivity contribution is 6.12. The zero-order chi connectivity index (χ0) is 96.4. The molecule has 27 rings (SSSR count). The summed E-state index contributed by atoms with van der Waals surface area (Å²) in [5, 5.41) is 5.26. The number of hydrogen-bond acceptors (Lipinski definition) is 7. The summed E-state index contributed by atoms with van der Waals surface area (Å²) in [5.74, 6) is 0.802. The first kappa shape index (κ1) is 76.7. The van der Waals surface area contributed by atoms with Crippen LogP contribution in [0.5, 0.6) is 0 Å². The van der Waals surface area contributed by atoms with Crippen LogP contribution in [0.2, 0.25) is 0 Å². The first-order chi connectivity index (χ1) is 70.9. The van der Waals surface area contributed by atoms with Crippen LogP contribution in [-0.2, 0) is 0 Å². The van der Waals surface area contributed by atoms with E-state index < -0.39 is 18.1 Å². The summed E-state index contributed by atoms with van der Waals surface area (Å²) in [6.45, 7) is 0. The van der Waals surface area contributed by atoms with E-state index in [1.165, 1.54) is 66.4 Å². The van der Waals surface area contributed by atoms with Crippen LogP contribution in [-0.4, -0.2) is 48.6 Å². The van der Waals surface area contributed by atoms with Crippen LogP contribution in [0.15, 0.2) is 510 Å². The van der Waals surface area contributed by atoms with Crippen molar-refractivity contribution in [2.24, 2.45) is 0 Å². The van der Waals surface area contributed by atoms with E-state index in [1.54, 1.807) is 4.57 Å². The number of pyridine rings is 1. The third-order valence-corrected chi connectivity index (χ3v) is 26.2. The van der Waals surface area contributed by atoms with Crippen molar-refractivity contribution in [2.45, 2.75) is 0 Å². The molecule has 10 nitrogen and oxygen atoms in total. The van der Waals surface area contributed by atoms with Crippen LogP contribution in [0.25, 0.3) is 250 Å². The molecule has 0 aliphatic carbocycles. The highest BCUT2D eigenvalue weighted by Crippen LogP contribution is 2.44. The molecule has 27 aromatic rings. The number of fused-ring (bicyclic) bond motifs is 13. The van der Waals surface area contributed by atoms with E-state index in [4.69, 9.17) is 41.7 Å². The second kappa shape index (κ2) is 35.6. The van der Waals surface area contributed by atoms with Crippen molar-refractivity contribution in [3.8, 4) is 140 Å². The van der Waals surface area contributed by atoms with Crippen molar-refractivity contribution in [1.29, 1.82) is 0 Å². The van der Waals surface area contributed by atoms with E-state index in [-0.39, 0.29) is 17.8 Å². The number of para-hydroxylation sites is 7. The second-order valence-corrected chi connectivity index (χ2v) is 34.8. The van der Waals surface area contributed by atoms with Gasteiger partial charge in [0.05, 0.1) is 56.5 Å². The third kappa shape index (κ3) is 15.9. The predicted octanol–water partition coefficient (Wildman–Crippen LogP) is 33.1. The van der Waals surface area contributed by atoms with Crippen molar-refractivity contribution in [2.75, 3.05) is 0 Å². The Kier molecular flexibility index (Phi) is 19.7. The van der Waals surface area contributed by atoms with Crippen molar-refractivity contribution >= 4 is 110 Å². The Balaban J connectivity index is 0.000000113. The Morgan fingerprint density at radius 1 is 0.173 bits per heavy atom. The summed E-state index contributed by atoms with van der Waals surface area (Å²) < 4.78 is 48.8. The molecule has 0 amide bonds. The molecule has 0 N–H and O–H groups in total. The highest BCUT2D eigenvalue weighted by atomic mass is 15.1. The molecule has 0 saturated carbocycles. The number of aromatic nitrogens is 10. The number of benzene rings is 20. The molecule has 650 valence electrons. The van der Waals surface area contributed by atoms with Crippen LogP contribution in [0.1, 0.15) is 6.85 Å². The molecule has 0 spiro atoms. The average molecular weight is 1780 g/mol. The van der Waals surface area contributed by atoms with Crippen LogP contribution >= 0.6 is 0 Å². The van der Waals surface area contributed by atoms with Gasteiger partial charge in [0.2, 0.25) is 0 Å². The molecule has 7 heterocycles. The molecular weight excluding hydrogens is 1690 g/mol. The van der Waals surface area contributed by atoms with E-state index in [9.17, 15) is 0 Å². The minimum Gasteiger partial charge on any atom is -0.293 e. The summed E-state index contributed by atoms with van der Waals surface area (Å²) in [5.41, 5.74) is 38.0. The maximum Gasteiger partial charge on any atom is 0.166 e. The molecule has 0 atom stereocenters. The summed E-state index contributed by atoms with van der Waals surface area (Å²) in [6.07, 6.45) is 1.88. The fourth-order valence-corrected chi connectivity index (χ4v) is 19.4. The van der Waals surface area contributed by atoms with Gasteiger partial charge in [0.15, 0.2) is 16.9 Å². The minimum atomic E-state index is -0.442. The topological polar surface area (TPSA) is 105 Å². The Morgan fingerprint density at radius 2 is 0.424 bits per heavy atom. The van der Waals surface area contributed by atoms with Crippen LogP contribution in [0.3, 0.4) is 0 Å². The third-order valence-electron chi connectivity index (χ3n) is 26.2. The van der Waals surface area contributed by atoms with Crippen molar-refractivity contribution in [1.82, 2.24) is 48.6 Å². The van der Waals surface area contributed by atoms with Crippen LogP contribution in [0, 0.1) is 0 Å². The largest absolute Gasteiger partial charge is 0.293 e. The normalized spacial score (nSPS) is 12.0. The summed E-state index contributed by atoms with van der Waals surface area (Å²) in [6, 6.07) is 163. The molecule has 0 bridgehead atoms. The molecule has 0 aliphatic heterocycles. The van der Waals surface area contributed by atoms with Crippen molar-refractivity contribution in [3.63, 3.8) is 0 Å². The van der Waals surface area contributed by atoms with Gasteiger partial charge in [0.25, 0.3) is 0 Å². The van der Waals surface area contributed by atoms with E-state index >= 15 is 0 Å². The number of rotatable bonds is 14. The maximum absolute atomic E-state index is 8.85. The van der Waals surface area contributed by atoms with E-state index in [0.717, 1.165) is 150 Å². The lowest BCUT2D eigenvalue weighted by Crippen LogP contribution is -1.99. The van der Waals surface area contributed by atoms with Gasteiger partial charge in [-0.05, 0) is 303 Å².